The standard InChI is InChI=1S/C23H28N8O4/c1-23(2,3)35-22(34)30-9-7-15(8-10-30)31-13-18(19(29-31)20(24)32)28-21(33)17-6-4-5-16(27-17)14-11-25-26-12-14/h4-6,11-13,15H,7-10H2,1-3H3,(H2,24,32)(H,25,26)(H,28,33). The SMILES string of the molecule is CC(C)(C)OC(=O)N1CCC(n2cc(NC(=O)c3cccc(-c4cn[nH]c4)n3)c(C(N)=O)n2)CC1. The fourth-order valence-electron chi connectivity index (χ4n) is 3.79. The van der Waals surface area contributed by atoms with E-state index in [0.29, 0.717) is 31.6 Å². The van der Waals surface area contributed by atoms with Crippen molar-refractivity contribution < 1.29 is 19.1 Å². The quantitative estimate of drug-likeness (QED) is 0.505. The third-order valence-corrected chi connectivity index (χ3v) is 5.48. The molecule has 1 aliphatic heterocycles. The molecule has 1 aliphatic rings. The molecule has 0 bridgehead atoms. The number of primary amides is 1. The van der Waals surface area contributed by atoms with Crippen molar-refractivity contribution in [2.24, 2.45) is 5.73 Å². The number of pyridine rings is 1. The second kappa shape index (κ2) is 9.57. The highest BCUT2D eigenvalue weighted by atomic mass is 16.6. The van der Waals surface area contributed by atoms with E-state index in [0.717, 1.165) is 5.56 Å². The molecule has 1 saturated heterocycles. The number of H-pyrrole nitrogens is 1. The fourth-order valence-corrected chi connectivity index (χ4v) is 3.79. The number of nitrogens with zero attached hydrogens (tertiary/aromatic N) is 5. The van der Waals surface area contributed by atoms with Gasteiger partial charge in [0.15, 0.2) is 5.69 Å². The molecule has 12 heteroatoms. The molecule has 4 N–H and O–H groups in total. The van der Waals surface area contributed by atoms with Gasteiger partial charge in [-0.1, -0.05) is 6.07 Å². The Hall–Kier alpha value is -4.22. The summed E-state index contributed by atoms with van der Waals surface area (Å²) in [5, 5.41) is 13.6. The zero-order valence-corrected chi connectivity index (χ0v) is 19.8. The van der Waals surface area contributed by atoms with Crippen LogP contribution in [0.4, 0.5) is 10.5 Å². The zero-order valence-electron chi connectivity index (χ0n) is 19.8. The monoisotopic (exact) mass is 480 g/mol. The van der Waals surface area contributed by atoms with Gasteiger partial charge in [0.05, 0.1) is 23.6 Å². The molecule has 0 unspecified atom stereocenters. The van der Waals surface area contributed by atoms with Gasteiger partial charge in [0, 0.05) is 31.0 Å². The Morgan fingerprint density at radius 2 is 1.94 bits per heavy atom. The number of hydrogen-bond donors (Lipinski definition) is 3. The molecule has 4 rings (SSSR count). The molecule has 4 heterocycles. The molecule has 184 valence electrons. The maximum absolute atomic E-state index is 12.9. The molecule has 0 spiro atoms. The third-order valence-electron chi connectivity index (χ3n) is 5.48. The number of likely N-dealkylation sites (tertiary alicyclic amines) is 1. The summed E-state index contributed by atoms with van der Waals surface area (Å²) in [4.78, 5) is 43.2. The Kier molecular flexibility index (Phi) is 6.54. The highest BCUT2D eigenvalue weighted by molar-refractivity contribution is 6.07. The van der Waals surface area contributed by atoms with Crippen molar-refractivity contribution in [1.29, 1.82) is 0 Å². The van der Waals surface area contributed by atoms with Crippen molar-refractivity contribution in [1.82, 2.24) is 29.9 Å². The number of aromatic nitrogens is 5. The van der Waals surface area contributed by atoms with Crippen LogP contribution in [0.5, 0.6) is 0 Å². The molecule has 0 saturated carbocycles. The second-order valence-corrected chi connectivity index (χ2v) is 9.28. The van der Waals surface area contributed by atoms with E-state index in [1.165, 1.54) is 0 Å². The molecular weight excluding hydrogens is 452 g/mol. The largest absolute Gasteiger partial charge is 0.444 e. The predicted octanol–water partition coefficient (Wildman–Crippen LogP) is 2.59. The summed E-state index contributed by atoms with van der Waals surface area (Å²) in [6.07, 6.45) is 5.74. The van der Waals surface area contributed by atoms with Crippen molar-refractivity contribution in [2.75, 3.05) is 18.4 Å². The normalized spacial score (nSPS) is 14.5. The molecule has 3 amide bonds. The van der Waals surface area contributed by atoms with E-state index in [1.807, 2.05) is 20.8 Å². The van der Waals surface area contributed by atoms with Gasteiger partial charge in [-0.2, -0.15) is 10.2 Å². The summed E-state index contributed by atoms with van der Waals surface area (Å²) in [6, 6.07) is 4.97. The number of carbonyl (C=O) groups is 3. The summed E-state index contributed by atoms with van der Waals surface area (Å²) in [5.74, 6) is -1.26. The maximum atomic E-state index is 12.9. The van der Waals surface area contributed by atoms with E-state index in [4.69, 9.17) is 10.5 Å². The van der Waals surface area contributed by atoms with Gasteiger partial charge in [-0.25, -0.2) is 9.78 Å². The highest BCUT2D eigenvalue weighted by Gasteiger charge is 2.29. The first kappa shape index (κ1) is 23.9. The Bertz CT molecular complexity index is 1220. The molecule has 0 aliphatic carbocycles. The number of aromatic amines is 1. The summed E-state index contributed by atoms with van der Waals surface area (Å²) < 4.78 is 7.06. The number of nitrogens with two attached hydrogens (primary N) is 1. The summed E-state index contributed by atoms with van der Waals surface area (Å²) in [7, 11) is 0. The Balaban J connectivity index is 1.46. The van der Waals surface area contributed by atoms with Crippen LogP contribution in [0.3, 0.4) is 0 Å². The number of carbonyl (C=O) groups excluding carboxylic acids is 3. The van der Waals surface area contributed by atoms with Gasteiger partial charge < -0.3 is 20.7 Å². The number of rotatable bonds is 5. The van der Waals surface area contributed by atoms with Crippen molar-refractivity contribution in [3.05, 3.63) is 48.2 Å². The number of nitrogens with one attached hydrogen (secondary N) is 2. The second-order valence-electron chi connectivity index (χ2n) is 9.28. The molecule has 0 atom stereocenters. The molecular formula is C23H28N8O4. The van der Waals surface area contributed by atoms with Crippen LogP contribution in [0.25, 0.3) is 11.3 Å². The molecule has 1 fully saturated rings. The predicted molar refractivity (Wildman–Crippen MR) is 127 cm³/mol. The van der Waals surface area contributed by atoms with E-state index in [2.05, 4.69) is 25.6 Å². The lowest BCUT2D eigenvalue weighted by Crippen LogP contribution is -2.42. The van der Waals surface area contributed by atoms with Crippen LogP contribution in [0.15, 0.2) is 36.8 Å². The number of anilines is 1. The van der Waals surface area contributed by atoms with Gasteiger partial charge >= 0.3 is 6.09 Å². The maximum Gasteiger partial charge on any atom is 0.410 e. The van der Waals surface area contributed by atoms with Gasteiger partial charge in [0.25, 0.3) is 11.8 Å². The molecule has 12 nitrogen and oxygen atoms in total. The Morgan fingerprint density at radius 1 is 1.20 bits per heavy atom. The van der Waals surface area contributed by atoms with Gasteiger partial charge in [0.2, 0.25) is 0 Å². The molecule has 3 aromatic heterocycles. The van der Waals surface area contributed by atoms with Crippen LogP contribution >= 0.6 is 0 Å². The van der Waals surface area contributed by atoms with Crippen molar-refractivity contribution in [3.63, 3.8) is 0 Å². The minimum atomic E-state index is -0.759. The third kappa shape index (κ3) is 5.65. The van der Waals surface area contributed by atoms with E-state index in [-0.39, 0.29) is 29.2 Å². The lowest BCUT2D eigenvalue weighted by atomic mass is 10.1. The average molecular weight is 481 g/mol. The Labute approximate surface area is 201 Å². The lowest BCUT2D eigenvalue weighted by molar-refractivity contribution is 0.0184. The number of hydrogen-bond acceptors (Lipinski definition) is 7. The zero-order chi connectivity index (χ0) is 25.2. The van der Waals surface area contributed by atoms with Crippen LogP contribution in [0.1, 0.15) is 60.6 Å². The minimum Gasteiger partial charge on any atom is -0.444 e. The molecule has 3 aromatic rings. The summed E-state index contributed by atoms with van der Waals surface area (Å²) >= 11 is 0. The van der Waals surface area contributed by atoms with Crippen molar-refractivity contribution >= 4 is 23.6 Å². The molecule has 0 radical (unpaired) electrons. The number of amides is 3. The van der Waals surface area contributed by atoms with Gasteiger partial charge in [-0.05, 0) is 45.7 Å². The van der Waals surface area contributed by atoms with E-state index in [1.54, 1.807) is 46.4 Å². The van der Waals surface area contributed by atoms with Crippen molar-refractivity contribution in [2.45, 2.75) is 45.3 Å². The van der Waals surface area contributed by atoms with Crippen LogP contribution in [-0.4, -0.2) is 66.5 Å². The van der Waals surface area contributed by atoms with E-state index >= 15 is 0 Å². The van der Waals surface area contributed by atoms with Gasteiger partial charge in [-0.3, -0.25) is 19.4 Å². The lowest BCUT2D eigenvalue weighted by Gasteiger charge is -2.33. The first-order valence-electron chi connectivity index (χ1n) is 11.2. The Morgan fingerprint density at radius 3 is 2.57 bits per heavy atom. The topological polar surface area (TPSA) is 161 Å². The molecule has 35 heavy (non-hydrogen) atoms. The van der Waals surface area contributed by atoms with Gasteiger partial charge in [-0.15, -0.1) is 0 Å². The molecule has 0 aromatic carbocycles. The van der Waals surface area contributed by atoms with E-state index in [9.17, 15) is 14.4 Å². The highest BCUT2D eigenvalue weighted by Crippen LogP contribution is 2.26. The summed E-state index contributed by atoms with van der Waals surface area (Å²) in [6.45, 7) is 6.44. The first-order valence-corrected chi connectivity index (χ1v) is 11.2. The summed E-state index contributed by atoms with van der Waals surface area (Å²) in [5.41, 5.74) is 6.60. The van der Waals surface area contributed by atoms with E-state index < -0.39 is 17.4 Å². The van der Waals surface area contributed by atoms with Crippen LogP contribution in [0.2, 0.25) is 0 Å². The van der Waals surface area contributed by atoms with Crippen molar-refractivity contribution in [3.8, 4) is 11.3 Å². The van der Waals surface area contributed by atoms with Crippen LogP contribution < -0.4 is 11.1 Å². The average Bonchev–Trinajstić information content (AvgIpc) is 3.49. The first-order chi connectivity index (χ1) is 16.6. The fraction of sp³-hybridized carbons (Fsp3) is 0.391. The minimum absolute atomic E-state index is 0.0427. The van der Waals surface area contributed by atoms with Crippen LogP contribution in [-0.2, 0) is 4.74 Å². The van der Waals surface area contributed by atoms with Crippen LogP contribution in [0, 0.1) is 0 Å². The number of ether oxygens (including phenoxy) is 1. The number of piperidine rings is 1. The van der Waals surface area contributed by atoms with Gasteiger partial charge in [0.1, 0.15) is 11.3 Å². The smallest absolute Gasteiger partial charge is 0.410 e.